The quantitative estimate of drug-likeness (QED) is 0.161. The standard InChI is InChI=1S/C26H29F2N7O4/c1-15(36)13-29-4-3-5-39-23-12-21-20(11-22(23)38-2)26(31-14-30-21)33-24-9-19(34-35-24)10-25(37)32-18-7-16(27)6-17(28)8-18/h6-9,11-12,14-15,29,36H,3-5,10,13H2,1-2H3,(H,32,37)(H2,30,31,33,34,35)/t15-/m1/s1. The van der Waals surface area contributed by atoms with Gasteiger partial charge in [0.1, 0.15) is 23.8 Å². The number of benzene rings is 2. The maximum atomic E-state index is 13.4. The molecule has 0 aliphatic rings. The third kappa shape index (κ3) is 7.82. The first kappa shape index (κ1) is 27.7. The molecule has 0 spiro atoms. The first-order valence-electron chi connectivity index (χ1n) is 12.2. The lowest BCUT2D eigenvalue weighted by Crippen LogP contribution is -2.26. The van der Waals surface area contributed by atoms with Gasteiger partial charge in [0.2, 0.25) is 5.91 Å². The van der Waals surface area contributed by atoms with E-state index in [9.17, 15) is 18.7 Å². The second-order valence-electron chi connectivity index (χ2n) is 8.78. The largest absolute Gasteiger partial charge is 0.493 e. The van der Waals surface area contributed by atoms with Crippen LogP contribution in [0.1, 0.15) is 19.0 Å². The summed E-state index contributed by atoms with van der Waals surface area (Å²) in [4.78, 5) is 21.0. The van der Waals surface area contributed by atoms with Crippen LogP contribution in [0.15, 0.2) is 42.7 Å². The third-order valence-corrected chi connectivity index (χ3v) is 5.49. The van der Waals surface area contributed by atoms with Crippen molar-refractivity contribution in [2.45, 2.75) is 25.9 Å². The van der Waals surface area contributed by atoms with Gasteiger partial charge in [0.15, 0.2) is 17.3 Å². The molecule has 39 heavy (non-hydrogen) atoms. The van der Waals surface area contributed by atoms with E-state index < -0.39 is 23.6 Å². The Morgan fingerprint density at radius 2 is 1.90 bits per heavy atom. The van der Waals surface area contributed by atoms with Gasteiger partial charge in [-0.25, -0.2) is 18.7 Å². The van der Waals surface area contributed by atoms with Gasteiger partial charge in [-0.15, -0.1) is 0 Å². The molecule has 4 rings (SSSR count). The van der Waals surface area contributed by atoms with E-state index in [0.29, 0.717) is 59.4 Å². The number of rotatable bonds is 13. The number of amides is 1. The summed E-state index contributed by atoms with van der Waals surface area (Å²) in [5, 5.41) is 25.6. The highest BCUT2D eigenvalue weighted by molar-refractivity contribution is 5.93. The fraction of sp³-hybridized carbons (Fsp3) is 0.308. The number of methoxy groups -OCH3 is 1. The molecule has 5 N–H and O–H groups in total. The van der Waals surface area contributed by atoms with E-state index in [4.69, 9.17) is 9.47 Å². The molecule has 1 amide bonds. The van der Waals surface area contributed by atoms with Crippen molar-refractivity contribution < 1.29 is 28.2 Å². The minimum atomic E-state index is -0.785. The summed E-state index contributed by atoms with van der Waals surface area (Å²) in [5.41, 5.74) is 1.11. The number of H-pyrrole nitrogens is 1. The van der Waals surface area contributed by atoms with Crippen LogP contribution in [0.3, 0.4) is 0 Å². The fourth-order valence-corrected chi connectivity index (χ4v) is 3.77. The Morgan fingerprint density at radius 1 is 1.10 bits per heavy atom. The number of aromatic amines is 1. The normalized spacial score (nSPS) is 11.8. The summed E-state index contributed by atoms with van der Waals surface area (Å²) >= 11 is 0. The predicted octanol–water partition coefficient (Wildman–Crippen LogP) is 3.30. The van der Waals surface area contributed by atoms with Crippen LogP contribution in [0.2, 0.25) is 0 Å². The number of fused-ring (bicyclic) bond motifs is 1. The van der Waals surface area contributed by atoms with Gasteiger partial charge >= 0.3 is 0 Å². The molecule has 0 bridgehead atoms. The molecule has 4 aromatic rings. The summed E-state index contributed by atoms with van der Waals surface area (Å²) in [6, 6.07) is 7.94. The number of nitrogens with one attached hydrogen (secondary N) is 4. The van der Waals surface area contributed by atoms with E-state index >= 15 is 0 Å². The molecular weight excluding hydrogens is 512 g/mol. The SMILES string of the molecule is COc1cc2c(Nc3cc(CC(=O)Nc4cc(F)cc(F)c4)[nH]n3)ncnc2cc1OCCCNC[C@@H](C)O. The second-order valence-corrected chi connectivity index (χ2v) is 8.78. The summed E-state index contributed by atoms with van der Waals surface area (Å²) in [7, 11) is 1.54. The molecule has 0 aliphatic heterocycles. The Hall–Kier alpha value is -4.36. The van der Waals surface area contributed by atoms with Gasteiger partial charge in [-0.2, -0.15) is 5.10 Å². The molecule has 13 heteroatoms. The molecule has 0 unspecified atom stereocenters. The highest BCUT2D eigenvalue weighted by Gasteiger charge is 2.14. The Morgan fingerprint density at radius 3 is 2.64 bits per heavy atom. The molecular formula is C26H29F2N7O4. The molecule has 2 aromatic heterocycles. The Kier molecular flexibility index (Phi) is 9.18. The van der Waals surface area contributed by atoms with Crippen LogP contribution in [0.25, 0.3) is 10.9 Å². The number of carbonyl (C=O) groups is 1. The van der Waals surface area contributed by atoms with Gasteiger partial charge in [-0.3, -0.25) is 9.89 Å². The number of halogens is 2. The van der Waals surface area contributed by atoms with E-state index in [1.807, 2.05) is 0 Å². The number of carbonyl (C=O) groups excluding carboxylic acids is 1. The number of ether oxygens (including phenoxy) is 2. The Balaban J connectivity index is 1.40. The number of hydrogen-bond acceptors (Lipinski definition) is 9. The van der Waals surface area contributed by atoms with Crippen LogP contribution in [-0.4, -0.2) is 64.1 Å². The summed E-state index contributed by atoms with van der Waals surface area (Å²) in [6.07, 6.45) is 1.64. The first-order valence-corrected chi connectivity index (χ1v) is 12.2. The monoisotopic (exact) mass is 541 g/mol. The van der Waals surface area contributed by atoms with Crippen LogP contribution in [0.5, 0.6) is 11.5 Å². The molecule has 0 saturated carbocycles. The minimum absolute atomic E-state index is 0.0214. The topological polar surface area (TPSA) is 146 Å². The number of nitrogens with zero attached hydrogens (tertiary/aromatic N) is 3. The van der Waals surface area contributed by atoms with Crippen molar-refractivity contribution >= 4 is 34.1 Å². The predicted molar refractivity (Wildman–Crippen MR) is 141 cm³/mol. The molecule has 1 atom stereocenters. The average Bonchev–Trinajstić information content (AvgIpc) is 3.31. The second kappa shape index (κ2) is 12.9. The smallest absolute Gasteiger partial charge is 0.230 e. The number of anilines is 3. The van der Waals surface area contributed by atoms with Crippen LogP contribution >= 0.6 is 0 Å². The van der Waals surface area contributed by atoms with Gasteiger partial charge < -0.3 is 30.5 Å². The third-order valence-electron chi connectivity index (χ3n) is 5.49. The Labute approximate surface area is 223 Å². The van der Waals surface area contributed by atoms with E-state index in [0.717, 1.165) is 24.6 Å². The van der Waals surface area contributed by atoms with Gasteiger partial charge in [0.05, 0.1) is 31.8 Å². The highest BCUT2D eigenvalue weighted by atomic mass is 19.1. The minimum Gasteiger partial charge on any atom is -0.493 e. The van der Waals surface area contributed by atoms with Gasteiger partial charge in [-0.1, -0.05) is 0 Å². The number of aromatic nitrogens is 4. The fourth-order valence-electron chi connectivity index (χ4n) is 3.77. The van der Waals surface area contributed by atoms with Crippen molar-refractivity contribution in [3.63, 3.8) is 0 Å². The van der Waals surface area contributed by atoms with Gasteiger partial charge in [0, 0.05) is 41.5 Å². The van der Waals surface area contributed by atoms with Crippen molar-refractivity contribution in [2.75, 3.05) is 37.4 Å². The molecule has 0 radical (unpaired) electrons. The zero-order valence-corrected chi connectivity index (χ0v) is 21.4. The summed E-state index contributed by atoms with van der Waals surface area (Å²) in [5.74, 6) is -0.136. The highest BCUT2D eigenvalue weighted by Crippen LogP contribution is 2.34. The van der Waals surface area contributed by atoms with E-state index in [1.165, 1.54) is 6.33 Å². The number of aliphatic hydroxyl groups excluding tert-OH is 1. The van der Waals surface area contributed by atoms with Crippen LogP contribution in [0, 0.1) is 11.6 Å². The lowest BCUT2D eigenvalue weighted by molar-refractivity contribution is -0.115. The van der Waals surface area contributed by atoms with Crippen molar-refractivity contribution in [1.82, 2.24) is 25.5 Å². The van der Waals surface area contributed by atoms with Crippen molar-refractivity contribution in [3.05, 3.63) is 60.1 Å². The molecule has 206 valence electrons. The number of aliphatic hydroxyl groups is 1. The maximum absolute atomic E-state index is 13.4. The first-order chi connectivity index (χ1) is 18.8. The van der Waals surface area contributed by atoms with Crippen molar-refractivity contribution in [1.29, 1.82) is 0 Å². The van der Waals surface area contributed by atoms with Gasteiger partial charge in [-0.05, 0) is 38.1 Å². The summed E-state index contributed by atoms with van der Waals surface area (Å²) < 4.78 is 38.1. The maximum Gasteiger partial charge on any atom is 0.230 e. The van der Waals surface area contributed by atoms with Crippen molar-refractivity contribution in [3.8, 4) is 11.5 Å². The van der Waals surface area contributed by atoms with E-state index in [1.54, 1.807) is 32.2 Å². The summed E-state index contributed by atoms with van der Waals surface area (Å²) in [6.45, 7) is 3.39. The van der Waals surface area contributed by atoms with Crippen molar-refractivity contribution in [2.24, 2.45) is 0 Å². The van der Waals surface area contributed by atoms with E-state index in [2.05, 4.69) is 36.1 Å². The molecule has 2 heterocycles. The molecule has 2 aromatic carbocycles. The van der Waals surface area contributed by atoms with Crippen LogP contribution in [-0.2, 0) is 11.2 Å². The van der Waals surface area contributed by atoms with Crippen LogP contribution < -0.4 is 25.4 Å². The number of hydrogen-bond donors (Lipinski definition) is 5. The Bertz CT molecular complexity index is 1410. The average molecular weight is 542 g/mol. The zero-order valence-electron chi connectivity index (χ0n) is 21.4. The molecule has 11 nitrogen and oxygen atoms in total. The molecule has 0 aliphatic carbocycles. The lowest BCUT2D eigenvalue weighted by Gasteiger charge is -2.13. The molecule has 0 fully saturated rings. The van der Waals surface area contributed by atoms with Gasteiger partial charge in [0.25, 0.3) is 0 Å². The van der Waals surface area contributed by atoms with Crippen LogP contribution in [0.4, 0.5) is 26.1 Å². The zero-order chi connectivity index (χ0) is 27.8. The lowest BCUT2D eigenvalue weighted by atomic mass is 10.2. The van der Waals surface area contributed by atoms with E-state index in [-0.39, 0.29) is 12.1 Å². The molecule has 0 saturated heterocycles.